The van der Waals surface area contributed by atoms with Crippen LogP contribution in [-0.4, -0.2) is 28.8 Å². The van der Waals surface area contributed by atoms with Gasteiger partial charge < -0.3 is 4.90 Å². The van der Waals surface area contributed by atoms with Crippen molar-refractivity contribution in [3.8, 4) is 6.07 Å². The lowest BCUT2D eigenvalue weighted by Crippen LogP contribution is -2.46. The fourth-order valence-electron chi connectivity index (χ4n) is 5.67. The number of nitrogens with zero attached hydrogens (tertiary/aromatic N) is 3. The van der Waals surface area contributed by atoms with Gasteiger partial charge in [-0.25, -0.2) is 9.18 Å². The highest BCUT2D eigenvalue weighted by atomic mass is 19.1. The van der Waals surface area contributed by atoms with Crippen LogP contribution in [-0.2, 0) is 0 Å². The van der Waals surface area contributed by atoms with Gasteiger partial charge in [0.1, 0.15) is 5.82 Å². The Morgan fingerprint density at radius 3 is 2.83 bits per heavy atom. The molecule has 7 nitrogen and oxygen atoms in total. The summed E-state index contributed by atoms with van der Waals surface area (Å²) in [4.78, 5) is 29.4. The van der Waals surface area contributed by atoms with Crippen molar-refractivity contribution in [3.63, 3.8) is 0 Å². The molecule has 3 aliphatic rings. The summed E-state index contributed by atoms with van der Waals surface area (Å²) < 4.78 is 17.1. The number of aromatic amines is 1. The minimum atomic E-state index is -0.539. The molecule has 2 N–H and O–H groups in total. The molecule has 3 atom stereocenters. The maximum atomic E-state index is 15.4. The van der Waals surface area contributed by atoms with Crippen molar-refractivity contribution in [2.45, 2.75) is 57.7 Å². The SMILES string of the molecule is Cc1c(N2CC3CCCC3C2NCCC#N)c(F)cc2c(=O)[nH]c(=O)n(C3CC3)c12. The third-order valence-electron chi connectivity index (χ3n) is 7.07. The minimum Gasteiger partial charge on any atom is -0.353 e. The van der Waals surface area contributed by atoms with Gasteiger partial charge in [-0.2, -0.15) is 5.26 Å². The second kappa shape index (κ2) is 7.24. The first kappa shape index (κ1) is 19.3. The number of hydrogen-bond acceptors (Lipinski definition) is 5. The molecule has 1 saturated heterocycles. The van der Waals surface area contributed by atoms with Crippen molar-refractivity contribution in [1.82, 2.24) is 14.9 Å². The highest BCUT2D eigenvalue weighted by Gasteiger charge is 2.45. The summed E-state index contributed by atoms with van der Waals surface area (Å²) in [5, 5.41) is 12.6. The smallest absolute Gasteiger partial charge is 0.329 e. The summed E-state index contributed by atoms with van der Waals surface area (Å²) in [6.45, 7) is 3.12. The number of halogens is 1. The first-order chi connectivity index (χ1) is 14.5. The Morgan fingerprint density at radius 2 is 2.10 bits per heavy atom. The van der Waals surface area contributed by atoms with Crippen LogP contribution in [0.15, 0.2) is 15.7 Å². The van der Waals surface area contributed by atoms with Crippen molar-refractivity contribution in [1.29, 1.82) is 5.26 Å². The number of rotatable bonds is 5. The lowest BCUT2D eigenvalue weighted by atomic mass is 9.98. The minimum absolute atomic E-state index is 0.0420. The number of hydrogen-bond donors (Lipinski definition) is 2. The number of nitrogens with one attached hydrogen (secondary N) is 2. The lowest BCUT2D eigenvalue weighted by Gasteiger charge is -2.32. The second-order valence-electron chi connectivity index (χ2n) is 8.90. The van der Waals surface area contributed by atoms with Gasteiger partial charge >= 0.3 is 5.69 Å². The standard InChI is InChI=1S/C22H26FN5O2/c1-12-18-16(21(29)26-22(30)28(18)14-6-7-14)10-17(23)19(12)27-11-13-4-2-5-15(13)20(27)25-9-3-8-24/h10,13-15,20,25H,2-7,9,11H2,1H3,(H,26,29,30). The molecule has 5 rings (SSSR count). The summed E-state index contributed by atoms with van der Waals surface area (Å²) in [5.41, 5.74) is 0.716. The molecule has 3 unspecified atom stereocenters. The number of anilines is 1. The number of benzene rings is 1. The largest absolute Gasteiger partial charge is 0.353 e. The Kier molecular flexibility index (Phi) is 4.66. The van der Waals surface area contributed by atoms with Gasteiger partial charge in [0.2, 0.25) is 0 Å². The molecule has 8 heteroatoms. The Morgan fingerprint density at radius 1 is 1.30 bits per heavy atom. The monoisotopic (exact) mass is 411 g/mol. The molecular formula is C22H26FN5O2. The molecule has 1 aromatic heterocycles. The number of H-pyrrole nitrogens is 1. The van der Waals surface area contributed by atoms with Crippen LogP contribution in [0, 0.1) is 35.9 Å². The van der Waals surface area contributed by atoms with Crippen molar-refractivity contribution in [2.24, 2.45) is 11.8 Å². The zero-order chi connectivity index (χ0) is 21.0. The van der Waals surface area contributed by atoms with Crippen molar-refractivity contribution in [2.75, 3.05) is 18.0 Å². The zero-order valence-electron chi connectivity index (χ0n) is 17.1. The van der Waals surface area contributed by atoms with Crippen LogP contribution < -0.4 is 21.5 Å². The van der Waals surface area contributed by atoms with Gasteiger partial charge in [-0.05, 0) is 50.5 Å². The number of aryl methyl sites for hydroxylation is 1. The van der Waals surface area contributed by atoms with Gasteiger partial charge in [0.05, 0.1) is 28.8 Å². The summed E-state index contributed by atoms with van der Waals surface area (Å²) in [6, 6.07) is 3.51. The zero-order valence-corrected chi connectivity index (χ0v) is 17.1. The predicted molar refractivity (Wildman–Crippen MR) is 112 cm³/mol. The maximum absolute atomic E-state index is 15.4. The fourth-order valence-corrected chi connectivity index (χ4v) is 5.67. The molecule has 0 bridgehead atoms. The average Bonchev–Trinajstić information content (AvgIpc) is 3.34. The second-order valence-corrected chi connectivity index (χ2v) is 8.90. The maximum Gasteiger partial charge on any atom is 0.329 e. The highest BCUT2D eigenvalue weighted by molar-refractivity contribution is 5.87. The molecule has 1 aromatic carbocycles. The fraction of sp³-hybridized carbons (Fsp3) is 0.591. The van der Waals surface area contributed by atoms with Gasteiger partial charge in [0, 0.05) is 31.1 Å². The molecule has 0 radical (unpaired) electrons. The third-order valence-corrected chi connectivity index (χ3v) is 7.07. The van der Waals surface area contributed by atoms with Gasteiger partial charge in [0.15, 0.2) is 0 Å². The molecule has 2 aliphatic carbocycles. The van der Waals surface area contributed by atoms with E-state index in [1.165, 1.54) is 12.5 Å². The van der Waals surface area contributed by atoms with Gasteiger partial charge in [-0.1, -0.05) is 6.42 Å². The summed E-state index contributed by atoms with van der Waals surface area (Å²) in [7, 11) is 0. The number of fused-ring (bicyclic) bond motifs is 2. The first-order valence-corrected chi connectivity index (χ1v) is 10.9. The predicted octanol–water partition coefficient (Wildman–Crippen LogP) is 2.54. The van der Waals surface area contributed by atoms with Crippen LogP contribution in [0.5, 0.6) is 0 Å². The van der Waals surface area contributed by atoms with E-state index in [0.29, 0.717) is 41.6 Å². The van der Waals surface area contributed by atoms with Crippen molar-refractivity contribution >= 4 is 16.6 Å². The molecule has 158 valence electrons. The topological polar surface area (TPSA) is 93.9 Å². The molecule has 2 heterocycles. The van der Waals surface area contributed by atoms with E-state index in [0.717, 1.165) is 32.2 Å². The Hall–Kier alpha value is -2.66. The molecule has 3 fully saturated rings. The van der Waals surface area contributed by atoms with E-state index in [9.17, 15) is 9.59 Å². The van der Waals surface area contributed by atoms with E-state index in [2.05, 4.69) is 21.3 Å². The van der Waals surface area contributed by atoms with E-state index < -0.39 is 17.1 Å². The lowest BCUT2D eigenvalue weighted by molar-refractivity contribution is 0.371. The quantitative estimate of drug-likeness (QED) is 0.738. The van der Waals surface area contributed by atoms with Crippen LogP contribution in [0.2, 0.25) is 0 Å². The normalized spacial score (nSPS) is 25.6. The van der Waals surface area contributed by atoms with Crippen molar-refractivity contribution < 1.29 is 4.39 Å². The number of aromatic nitrogens is 2. The average molecular weight is 411 g/mol. The number of nitriles is 1. The van der Waals surface area contributed by atoms with Crippen LogP contribution in [0.1, 0.15) is 50.1 Å². The molecule has 30 heavy (non-hydrogen) atoms. The summed E-state index contributed by atoms with van der Waals surface area (Å²) in [5.74, 6) is 0.477. The molecule has 2 saturated carbocycles. The van der Waals surface area contributed by atoms with Gasteiger partial charge in [-0.3, -0.25) is 19.7 Å². The third kappa shape index (κ3) is 2.95. The molecule has 0 spiro atoms. The Balaban J connectivity index is 1.66. The van der Waals surface area contributed by atoms with E-state index in [-0.39, 0.29) is 17.6 Å². The highest BCUT2D eigenvalue weighted by Crippen LogP contribution is 2.45. The first-order valence-electron chi connectivity index (χ1n) is 10.9. The molecule has 0 amide bonds. The molecule has 2 aromatic rings. The van der Waals surface area contributed by atoms with E-state index in [1.807, 2.05) is 6.92 Å². The van der Waals surface area contributed by atoms with E-state index >= 15 is 4.39 Å². The summed E-state index contributed by atoms with van der Waals surface area (Å²) >= 11 is 0. The van der Waals surface area contributed by atoms with E-state index in [4.69, 9.17) is 5.26 Å². The summed E-state index contributed by atoms with van der Waals surface area (Å²) in [6.07, 6.45) is 5.52. The van der Waals surface area contributed by atoms with Crippen LogP contribution in [0.4, 0.5) is 10.1 Å². The van der Waals surface area contributed by atoms with E-state index in [1.54, 1.807) is 4.57 Å². The van der Waals surface area contributed by atoms with Crippen molar-refractivity contribution in [3.05, 3.63) is 38.3 Å². The van der Waals surface area contributed by atoms with Gasteiger partial charge in [0.25, 0.3) is 5.56 Å². The Bertz CT molecular complexity index is 1160. The van der Waals surface area contributed by atoms with Crippen LogP contribution in [0.25, 0.3) is 10.9 Å². The molecule has 1 aliphatic heterocycles. The molecular weight excluding hydrogens is 385 g/mol. The van der Waals surface area contributed by atoms with Crippen LogP contribution >= 0.6 is 0 Å². The Labute approximate surface area is 173 Å². The van der Waals surface area contributed by atoms with Crippen LogP contribution in [0.3, 0.4) is 0 Å². The van der Waals surface area contributed by atoms with Gasteiger partial charge in [-0.15, -0.1) is 0 Å².